The van der Waals surface area contributed by atoms with Crippen LogP contribution in [0, 0.1) is 19.3 Å². The molecule has 0 aliphatic carbocycles. The van der Waals surface area contributed by atoms with Crippen LogP contribution in [-0.2, 0) is 4.79 Å². The van der Waals surface area contributed by atoms with E-state index in [0.717, 1.165) is 24.0 Å². The van der Waals surface area contributed by atoms with Crippen molar-refractivity contribution in [2.75, 3.05) is 0 Å². The standard InChI is InChI=1S/C16H24N2O2/c1-6-7-16(4,5)15(20)18-17-14(19)13-9-11(2)8-12(3)10-13/h8-10H,6-7H2,1-5H3,(H,17,19)(H,18,20). The van der Waals surface area contributed by atoms with Crippen molar-refractivity contribution in [2.24, 2.45) is 5.41 Å². The average Bonchev–Trinajstić information content (AvgIpc) is 2.34. The molecule has 0 aliphatic rings. The van der Waals surface area contributed by atoms with Crippen molar-refractivity contribution in [2.45, 2.75) is 47.5 Å². The first-order valence-electron chi connectivity index (χ1n) is 6.95. The largest absolute Gasteiger partial charge is 0.273 e. The first kappa shape index (κ1) is 16.2. The minimum atomic E-state index is -0.482. The highest BCUT2D eigenvalue weighted by atomic mass is 16.2. The van der Waals surface area contributed by atoms with Crippen LogP contribution in [0.25, 0.3) is 0 Å². The number of hydrazine groups is 1. The zero-order valence-electron chi connectivity index (χ0n) is 13.0. The maximum absolute atomic E-state index is 12.0. The Hall–Kier alpha value is -1.84. The van der Waals surface area contributed by atoms with Gasteiger partial charge in [0.15, 0.2) is 0 Å². The number of amides is 2. The van der Waals surface area contributed by atoms with E-state index in [4.69, 9.17) is 0 Å². The lowest BCUT2D eigenvalue weighted by Gasteiger charge is -2.22. The zero-order valence-corrected chi connectivity index (χ0v) is 13.0. The molecule has 0 radical (unpaired) electrons. The van der Waals surface area contributed by atoms with Gasteiger partial charge in [0.1, 0.15) is 0 Å². The maximum atomic E-state index is 12.0. The number of rotatable bonds is 4. The van der Waals surface area contributed by atoms with Gasteiger partial charge in [-0.2, -0.15) is 0 Å². The summed E-state index contributed by atoms with van der Waals surface area (Å²) in [7, 11) is 0. The lowest BCUT2D eigenvalue weighted by atomic mass is 9.87. The van der Waals surface area contributed by atoms with E-state index >= 15 is 0 Å². The van der Waals surface area contributed by atoms with Crippen molar-refractivity contribution in [3.63, 3.8) is 0 Å². The van der Waals surface area contributed by atoms with Crippen LogP contribution in [0.3, 0.4) is 0 Å². The van der Waals surface area contributed by atoms with Gasteiger partial charge in [-0.15, -0.1) is 0 Å². The summed E-state index contributed by atoms with van der Waals surface area (Å²) in [6.45, 7) is 9.65. The van der Waals surface area contributed by atoms with E-state index in [-0.39, 0.29) is 11.8 Å². The van der Waals surface area contributed by atoms with Crippen molar-refractivity contribution in [3.8, 4) is 0 Å². The van der Waals surface area contributed by atoms with Gasteiger partial charge in [0, 0.05) is 11.0 Å². The van der Waals surface area contributed by atoms with Crippen LogP contribution in [0.4, 0.5) is 0 Å². The van der Waals surface area contributed by atoms with E-state index in [1.54, 1.807) is 12.1 Å². The Balaban J connectivity index is 2.66. The molecule has 0 unspecified atom stereocenters. The predicted molar refractivity (Wildman–Crippen MR) is 80.2 cm³/mol. The van der Waals surface area contributed by atoms with Gasteiger partial charge >= 0.3 is 0 Å². The molecule has 1 aromatic rings. The molecule has 0 bridgehead atoms. The van der Waals surface area contributed by atoms with E-state index in [9.17, 15) is 9.59 Å². The van der Waals surface area contributed by atoms with Crippen LogP contribution >= 0.6 is 0 Å². The smallest absolute Gasteiger partial charge is 0.269 e. The molecule has 4 heteroatoms. The van der Waals surface area contributed by atoms with Crippen LogP contribution in [-0.4, -0.2) is 11.8 Å². The van der Waals surface area contributed by atoms with Crippen molar-refractivity contribution in [1.29, 1.82) is 0 Å². The third-order valence-electron chi connectivity index (χ3n) is 3.26. The molecule has 2 amide bonds. The molecule has 4 nitrogen and oxygen atoms in total. The van der Waals surface area contributed by atoms with Crippen molar-refractivity contribution in [3.05, 3.63) is 34.9 Å². The van der Waals surface area contributed by atoms with Crippen LogP contribution in [0.2, 0.25) is 0 Å². The normalized spacial score (nSPS) is 11.1. The molecule has 0 heterocycles. The SMILES string of the molecule is CCCC(C)(C)C(=O)NNC(=O)c1cc(C)cc(C)c1. The molecular weight excluding hydrogens is 252 g/mol. The monoisotopic (exact) mass is 276 g/mol. The molecule has 0 aliphatic heterocycles. The van der Waals surface area contributed by atoms with Gasteiger partial charge < -0.3 is 0 Å². The van der Waals surface area contributed by atoms with Crippen LogP contribution < -0.4 is 10.9 Å². The Labute approximate surface area is 120 Å². The van der Waals surface area contributed by atoms with Crippen molar-refractivity contribution >= 4 is 11.8 Å². The number of nitrogens with one attached hydrogen (secondary N) is 2. The molecule has 2 N–H and O–H groups in total. The number of carbonyl (C=O) groups is 2. The van der Waals surface area contributed by atoms with Crippen molar-refractivity contribution in [1.82, 2.24) is 10.9 Å². The first-order chi connectivity index (χ1) is 9.26. The fourth-order valence-corrected chi connectivity index (χ4v) is 2.20. The fourth-order valence-electron chi connectivity index (χ4n) is 2.20. The number of hydrogen-bond acceptors (Lipinski definition) is 2. The van der Waals surface area contributed by atoms with E-state index in [0.29, 0.717) is 5.56 Å². The summed E-state index contributed by atoms with van der Waals surface area (Å²) >= 11 is 0. The second-order valence-electron chi connectivity index (χ2n) is 5.92. The zero-order chi connectivity index (χ0) is 15.3. The maximum Gasteiger partial charge on any atom is 0.269 e. The molecule has 1 aromatic carbocycles. The minimum absolute atomic E-state index is 0.169. The van der Waals surface area contributed by atoms with Gasteiger partial charge in [0.05, 0.1) is 0 Å². The Morgan fingerprint density at radius 3 is 2.10 bits per heavy atom. The van der Waals surface area contributed by atoms with Crippen LogP contribution in [0.5, 0.6) is 0 Å². The molecular formula is C16H24N2O2. The number of hydrogen-bond donors (Lipinski definition) is 2. The summed E-state index contributed by atoms with van der Waals surface area (Å²) in [5.74, 6) is -0.463. The van der Waals surface area contributed by atoms with E-state index in [1.807, 2.05) is 40.7 Å². The third-order valence-corrected chi connectivity index (χ3v) is 3.26. The summed E-state index contributed by atoms with van der Waals surface area (Å²) in [5.41, 5.74) is 7.10. The number of benzene rings is 1. The number of carbonyl (C=O) groups excluding carboxylic acids is 2. The van der Waals surface area contributed by atoms with Gasteiger partial charge in [0.25, 0.3) is 5.91 Å². The number of aryl methyl sites for hydroxylation is 2. The highest BCUT2D eigenvalue weighted by Gasteiger charge is 2.26. The highest BCUT2D eigenvalue weighted by Crippen LogP contribution is 2.21. The Morgan fingerprint density at radius 1 is 1.05 bits per heavy atom. The van der Waals surface area contributed by atoms with Crippen LogP contribution in [0.15, 0.2) is 18.2 Å². The van der Waals surface area contributed by atoms with Crippen LogP contribution in [0.1, 0.15) is 55.1 Å². The Kier molecular flexibility index (Phi) is 5.31. The topological polar surface area (TPSA) is 58.2 Å². The van der Waals surface area contributed by atoms with Gasteiger partial charge in [-0.25, -0.2) is 0 Å². The average molecular weight is 276 g/mol. The molecule has 0 saturated carbocycles. The molecule has 0 saturated heterocycles. The molecule has 0 fully saturated rings. The lowest BCUT2D eigenvalue weighted by molar-refractivity contribution is -0.130. The van der Waals surface area contributed by atoms with Crippen molar-refractivity contribution < 1.29 is 9.59 Å². The first-order valence-corrected chi connectivity index (χ1v) is 6.95. The van der Waals surface area contributed by atoms with Gasteiger partial charge in [0.2, 0.25) is 5.91 Å². The second kappa shape index (κ2) is 6.55. The molecule has 0 aromatic heterocycles. The molecule has 0 spiro atoms. The third kappa shape index (κ3) is 4.37. The summed E-state index contributed by atoms with van der Waals surface area (Å²) in [4.78, 5) is 24.0. The van der Waals surface area contributed by atoms with Gasteiger partial charge in [-0.3, -0.25) is 20.4 Å². The van der Waals surface area contributed by atoms with Gasteiger partial charge in [-0.1, -0.05) is 44.4 Å². The second-order valence-corrected chi connectivity index (χ2v) is 5.92. The fraction of sp³-hybridized carbons (Fsp3) is 0.500. The summed E-state index contributed by atoms with van der Waals surface area (Å²) in [6.07, 6.45) is 1.70. The molecule has 110 valence electrons. The summed E-state index contributed by atoms with van der Waals surface area (Å²) in [6, 6.07) is 5.59. The summed E-state index contributed by atoms with van der Waals surface area (Å²) < 4.78 is 0. The molecule has 0 atom stereocenters. The Morgan fingerprint density at radius 2 is 1.60 bits per heavy atom. The van der Waals surface area contributed by atoms with E-state index in [2.05, 4.69) is 10.9 Å². The molecule has 20 heavy (non-hydrogen) atoms. The highest BCUT2D eigenvalue weighted by molar-refractivity contribution is 5.96. The summed E-state index contributed by atoms with van der Waals surface area (Å²) in [5, 5.41) is 0. The quantitative estimate of drug-likeness (QED) is 0.831. The van der Waals surface area contributed by atoms with E-state index < -0.39 is 5.41 Å². The lowest BCUT2D eigenvalue weighted by Crippen LogP contribution is -2.47. The predicted octanol–water partition coefficient (Wildman–Crippen LogP) is 2.89. The van der Waals surface area contributed by atoms with E-state index in [1.165, 1.54) is 0 Å². The minimum Gasteiger partial charge on any atom is -0.273 e. The molecule has 1 rings (SSSR count). The van der Waals surface area contributed by atoms with Gasteiger partial charge in [-0.05, 0) is 32.4 Å². The Bertz CT molecular complexity index is 487.